The first-order valence-corrected chi connectivity index (χ1v) is 2.99. The summed E-state index contributed by atoms with van der Waals surface area (Å²) in [7, 11) is 2.02. The molecule has 0 radical (unpaired) electrons. The van der Waals surface area contributed by atoms with E-state index in [4.69, 9.17) is 0 Å². The van der Waals surface area contributed by atoms with Crippen LogP contribution in [-0.2, 0) is 7.05 Å². The Bertz CT molecular complexity index is 198. The van der Waals surface area contributed by atoms with E-state index >= 15 is 0 Å². The summed E-state index contributed by atoms with van der Waals surface area (Å²) >= 11 is 0. The lowest BCUT2D eigenvalue weighted by atomic mass is 10.3. The Morgan fingerprint density at radius 2 is 2.11 bits per heavy atom. The monoisotopic (exact) mass is 123 g/mol. The standard InChI is InChI=1S/C7H11N2/c1-6-7(2)9(3)5-4-8-6/h4-5H,1-3H3/q+1. The van der Waals surface area contributed by atoms with Gasteiger partial charge in [0.05, 0.1) is 6.20 Å². The zero-order chi connectivity index (χ0) is 6.85. The van der Waals surface area contributed by atoms with Gasteiger partial charge in [-0.1, -0.05) is 0 Å². The van der Waals surface area contributed by atoms with E-state index < -0.39 is 0 Å². The lowest BCUT2D eigenvalue weighted by Gasteiger charge is -1.93. The maximum Gasteiger partial charge on any atom is 0.199 e. The van der Waals surface area contributed by atoms with E-state index in [1.54, 1.807) is 0 Å². The number of hydrogen-bond donors (Lipinski definition) is 0. The van der Waals surface area contributed by atoms with Gasteiger partial charge in [-0.05, 0) is 6.92 Å². The van der Waals surface area contributed by atoms with Crippen LogP contribution in [0.2, 0.25) is 0 Å². The Kier molecular flexibility index (Phi) is 1.47. The zero-order valence-electron chi connectivity index (χ0n) is 6.05. The second-order valence-corrected chi connectivity index (χ2v) is 2.21. The molecule has 0 N–H and O–H groups in total. The highest BCUT2D eigenvalue weighted by molar-refractivity contribution is 4.98. The van der Waals surface area contributed by atoms with Crippen molar-refractivity contribution in [2.45, 2.75) is 13.8 Å². The molecule has 1 heterocycles. The van der Waals surface area contributed by atoms with Crippen molar-refractivity contribution in [2.24, 2.45) is 7.05 Å². The van der Waals surface area contributed by atoms with Crippen molar-refractivity contribution in [3.63, 3.8) is 0 Å². The molecule has 0 saturated heterocycles. The summed E-state index contributed by atoms with van der Waals surface area (Å²) in [4.78, 5) is 4.12. The molecule has 0 unspecified atom stereocenters. The van der Waals surface area contributed by atoms with Crippen LogP contribution in [0.25, 0.3) is 0 Å². The molecule has 2 heteroatoms. The van der Waals surface area contributed by atoms with Gasteiger partial charge in [0.2, 0.25) is 0 Å². The zero-order valence-corrected chi connectivity index (χ0v) is 6.05. The van der Waals surface area contributed by atoms with Crippen LogP contribution in [0.4, 0.5) is 0 Å². The van der Waals surface area contributed by atoms with Gasteiger partial charge in [0.1, 0.15) is 12.7 Å². The molecule has 0 aliphatic carbocycles. The van der Waals surface area contributed by atoms with Crippen LogP contribution in [0, 0.1) is 13.8 Å². The van der Waals surface area contributed by atoms with Gasteiger partial charge < -0.3 is 0 Å². The van der Waals surface area contributed by atoms with Gasteiger partial charge in [-0.15, -0.1) is 0 Å². The maximum atomic E-state index is 4.12. The molecule has 0 bridgehead atoms. The van der Waals surface area contributed by atoms with E-state index in [-0.39, 0.29) is 0 Å². The Hall–Kier alpha value is -0.920. The van der Waals surface area contributed by atoms with Crippen molar-refractivity contribution in [1.29, 1.82) is 0 Å². The van der Waals surface area contributed by atoms with E-state index in [9.17, 15) is 0 Å². The largest absolute Gasteiger partial charge is 0.249 e. The van der Waals surface area contributed by atoms with Crippen molar-refractivity contribution in [1.82, 2.24) is 4.98 Å². The van der Waals surface area contributed by atoms with E-state index in [0.717, 1.165) is 5.69 Å². The smallest absolute Gasteiger partial charge is 0.199 e. The topological polar surface area (TPSA) is 16.8 Å². The number of rotatable bonds is 0. The molecule has 0 amide bonds. The van der Waals surface area contributed by atoms with Crippen LogP contribution < -0.4 is 4.57 Å². The Morgan fingerprint density at radius 3 is 2.56 bits per heavy atom. The highest BCUT2D eigenvalue weighted by Crippen LogP contribution is 1.91. The molecule has 0 aliphatic heterocycles. The number of aromatic nitrogens is 2. The van der Waals surface area contributed by atoms with Crippen molar-refractivity contribution in [3.05, 3.63) is 23.8 Å². The minimum absolute atomic E-state index is 1.10. The minimum atomic E-state index is 1.10. The van der Waals surface area contributed by atoms with Crippen LogP contribution in [0.1, 0.15) is 11.4 Å². The molecule has 0 saturated carbocycles. The van der Waals surface area contributed by atoms with Gasteiger partial charge >= 0.3 is 0 Å². The van der Waals surface area contributed by atoms with Gasteiger partial charge in [-0.2, -0.15) is 0 Å². The second-order valence-electron chi connectivity index (χ2n) is 2.21. The van der Waals surface area contributed by atoms with Gasteiger partial charge in [0.25, 0.3) is 0 Å². The first-order valence-electron chi connectivity index (χ1n) is 2.99. The molecule has 0 fully saturated rings. The molecule has 0 spiro atoms. The quantitative estimate of drug-likeness (QED) is 0.460. The lowest BCUT2D eigenvalue weighted by molar-refractivity contribution is -0.678. The average molecular weight is 123 g/mol. The third-order valence-electron chi connectivity index (χ3n) is 1.61. The van der Waals surface area contributed by atoms with Crippen LogP contribution >= 0.6 is 0 Å². The summed E-state index contributed by atoms with van der Waals surface area (Å²) in [5, 5.41) is 0. The van der Waals surface area contributed by atoms with E-state index in [2.05, 4.69) is 16.5 Å². The van der Waals surface area contributed by atoms with E-state index in [1.807, 2.05) is 26.4 Å². The minimum Gasteiger partial charge on any atom is -0.249 e. The first-order chi connectivity index (χ1) is 4.22. The second kappa shape index (κ2) is 2.13. The molecular formula is C7H11N2+. The molecule has 0 atom stereocenters. The predicted octanol–water partition coefficient (Wildman–Crippen LogP) is 0.523. The fourth-order valence-corrected chi connectivity index (χ4v) is 0.706. The summed E-state index contributed by atoms with van der Waals surface area (Å²) < 4.78 is 2.06. The van der Waals surface area contributed by atoms with Crippen LogP contribution in [0.5, 0.6) is 0 Å². The van der Waals surface area contributed by atoms with E-state index in [0.29, 0.717) is 0 Å². The van der Waals surface area contributed by atoms with Crippen molar-refractivity contribution >= 4 is 0 Å². The SMILES string of the molecule is Cc1ncc[n+](C)c1C. The summed E-state index contributed by atoms with van der Waals surface area (Å²) in [5.41, 5.74) is 2.32. The van der Waals surface area contributed by atoms with Gasteiger partial charge in [-0.3, -0.25) is 0 Å². The maximum absolute atomic E-state index is 4.12. The molecule has 2 nitrogen and oxygen atoms in total. The molecule has 9 heavy (non-hydrogen) atoms. The van der Waals surface area contributed by atoms with Gasteiger partial charge in [-0.25, -0.2) is 9.55 Å². The molecule has 1 aromatic heterocycles. The molecule has 0 aliphatic rings. The summed E-state index contributed by atoms with van der Waals surface area (Å²) in [6, 6.07) is 0. The fraction of sp³-hybridized carbons (Fsp3) is 0.429. The third kappa shape index (κ3) is 1.07. The van der Waals surface area contributed by atoms with Gasteiger partial charge in [0.15, 0.2) is 11.9 Å². The molecule has 0 aromatic carbocycles. The van der Waals surface area contributed by atoms with Crippen molar-refractivity contribution in [3.8, 4) is 0 Å². The molecule has 1 aromatic rings. The van der Waals surface area contributed by atoms with Crippen molar-refractivity contribution < 1.29 is 4.57 Å². The lowest BCUT2D eigenvalue weighted by Crippen LogP contribution is -2.32. The van der Waals surface area contributed by atoms with Crippen molar-refractivity contribution in [2.75, 3.05) is 0 Å². The predicted molar refractivity (Wildman–Crippen MR) is 34.9 cm³/mol. The summed E-state index contributed by atoms with van der Waals surface area (Å²) in [5.74, 6) is 0. The number of nitrogens with zero attached hydrogens (tertiary/aromatic N) is 2. The molecule has 1 rings (SSSR count). The number of aryl methyl sites for hydroxylation is 2. The fourth-order valence-electron chi connectivity index (χ4n) is 0.706. The summed E-state index contributed by atoms with van der Waals surface area (Å²) in [6.07, 6.45) is 3.75. The third-order valence-corrected chi connectivity index (χ3v) is 1.61. The molecule has 48 valence electrons. The highest BCUT2D eigenvalue weighted by atomic mass is 14.9. The first kappa shape index (κ1) is 6.20. The Morgan fingerprint density at radius 1 is 1.44 bits per heavy atom. The Balaban J connectivity index is 3.25. The highest BCUT2D eigenvalue weighted by Gasteiger charge is 2.01. The average Bonchev–Trinajstić information content (AvgIpc) is 1.83. The van der Waals surface area contributed by atoms with Gasteiger partial charge in [0, 0.05) is 6.92 Å². The van der Waals surface area contributed by atoms with Crippen LogP contribution in [0.3, 0.4) is 0 Å². The normalized spacial score (nSPS) is 9.67. The van der Waals surface area contributed by atoms with Crippen LogP contribution in [0.15, 0.2) is 12.4 Å². The molecular weight excluding hydrogens is 112 g/mol. The van der Waals surface area contributed by atoms with E-state index in [1.165, 1.54) is 5.69 Å². The number of hydrogen-bond acceptors (Lipinski definition) is 1. The summed E-state index contributed by atoms with van der Waals surface area (Å²) in [6.45, 7) is 4.07. The Labute approximate surface area is 55.2 Å². The van der Waals surface area contributed by atoms with Crippen LogP contribution in [-0.4, -0.2) is 4.98 Å².